The molecule has 0 saturated heterocycles. The Morgan fingerprint density at radius 1 is 1.00 bits per heavy atom. The molecule has 146 valence electrons. The van der Waals surface area contributed by atoms with Gasteiger partial charge in [-0.3, -0.25) is 0 Å². The molecule has 4 aromatic rings. The van der Waals surface area contributed by atoms with Crippen molar-refractivity contribution in [2.45, 2.75) is 6.54 Å². The van der Waals surface area contributed by atoms with Crippen molar-refractivity contribution in [3.63, 3.8) is 0 Å². The molecule has 0 spiro atoms. The molecule has 0 saturated carbocycles. The summed E-state index contributed by atoms with van der Waals surface area (Å²) < 4.78 is 27.9. The Morgan fingerprint density at radius 2 is 1.83 bits per heavy atom. The average molecular weight is 393 g/mol. The van der Waals surface area contributed by atoms with Crippen LogP contribution in [-0.4, -0.2) is 15.8 Å². The third-order valence-electron chi connectivity index (χ3n) is 4.40. The van der Waals surface area contributed by atoms with Crippen molar-refractivity contribution in [2.24, 2.45) is 0 Å². The van der Waals surface area contributed by atoms with Crippen LogP contribution in [0.3, 0.4) is 0 Å². The van der Waals surface area contributed by atoms with Crippen molar-refractivity contribution in [1.82, 2.24) is 15.1 Å². The fourth-order valence-corrected chi connectivity index (χ4v) is 3.02. The minimum atomic E-state index is -1.03. The molecular formula is C21H17F2N5O. The van der Waals surface area contributed by atoms with Crippen LogP contribution in [0.2, 0.25) is 0 Å². The van der Waals surface area contributed by atoms with E-state index in [1.807, 2.05) is 48.5 Å². The lowest BCUT2D eigenvalue weighted by molar-refractivity contribution is 0.251. The largest absolute Gasteiger partial charge is 0.382 e. The number of nitrogen functional groups attached to an aromatic ring is 1. The Kier molecular flexibility index (Phi) is 4.82. The molecule has 1 heterocycles. The lowest BCUT2D eigenvalue weighted by Crippen LogP contribution is -2.28. The highest BCUT2D eigenvalue weighted by molar-refractivity contribution is 5.90. The van der Waals surface area contributed by atoms with E-state index in [9.17, 15) is 13.6 Å². The van der Waals surface area contributed by atoms with Crippen molar-refractivity contribution in [1.29, 1.82) is 0 Å². The molecule has 2 amide bonds. The van der Waals surface area contributed by atoms with Gasteiger partial charge >= 0.3 is 6.03 Å². The quantitative estimate of drug-likeness (QED) is 0.486. The van der Waals surface area contributed by atoms with E-state index in [1.54, 1.807) is 4.68 Å². The fourth-order valence-electron chi connectivity index (χ4n) is 3.02. The maximum absolute atomic E-state index is 13.2. The van der Waals surface area contributed by atoms with Crippen LogP contribution < -0.4 is 16.4 Å². The van der Waals surface area contributed by atoms with Crippen LogP contribution in [-0.2, 0) is 6.54 Å². The van der Waals surface area contributed by atoms with Gasteiger partial charge in [0.25, 0.3) is 0 Å². The number of nitrogens with zero attached hydrogens (tertiary/aromatic N) is 2. The van der Waals surface area contributed by atoms with Gasteiger partial charge in [-0.05, 0) is 42.0 Å². The second kappa shape index (κ2) is 7.59. The Labute approximate surface area is 164 Å². The van der Waals surface area contributed by atoms with Crippen molar-refractivity contribution >= 4 is 28.4 Å². The van der Waals surface area contributed by atoms with E-state index in [0.29, 0.717) is 5.82 Å². The van der Waals surface area contributed by atoms with Crippen molar-refractivity contribution in [2.75, 3.05) is 11.1 Å². The zero-order valence-electron chi connectivity index (χ0n) is 15.2. The van der Waals surface area contributed by atoms with E-state index in [-0.39, 0.29) is 12.2 Å². The Hall–Kier alpha value is -3.94. The van der Waals surface area contributed by atoms with Gasteiger partial charge < -0.3 is 16.4 Å². The highest BCUT2D eigenvalue weighted by Gasteiger charge is 2.10. The molecule has 0 unspecified atom stereocenters. The van der Waals surface area contributed by atoms with E-state index >= 15 is 0 Å². The van der Waals surface area contributed by atoms with Crippen LogP contribution in [0.5, 0.6) is 0 Å². The number of anilines is 2. The Morgan fingerprint density at radius 3 is 2.66 bits per heavy atom. The summed E-state index contributed by atoms with van der Waals surface area (Å²) in [5.41, 5.74) is 8.68. The van der Waals surface area contributed by atoms with Crippen LogP contribution in [0, 0.1) is 11.6 Å². The summed E-state index contributed by atoms with van der Waals surface area (Å²) in [7, 11) is 0. The Balaban J connectivity index is 1.47. The van der Waals surface area contributed by atoms with Gasteiger partial charge in [-0.15, -0.1) is 5.10 Å². The van der Waals surface area contributed by atoms with E-state index in [1.165, 1.54) is 6.07 Å². The summed E-state index contributed by atoms with van der Waals surface area (Å²) in [5.74, 6) is -1.56. The number of amides is 2. The first-order valence-electron chi connectivity index (χ1n) is 8.84. The SMILES string of the molecule is Nc1nn(-c2cccc(CNC(=O)Nc3ccc(F)c(F)c3)c2)c2ccccc12. The highest BCUT2D eigenvalue weighted by atomic mass is 19.2. The molecule has 29 heavy (non-hydrogen) atoms. The maximum Gasteiger partial charge on any atom is 0.319 e. The second-order valence-corrected chi connectivity index (χ2v) is 6.42. The molecule has 0 bridgehead atoms. The summed E-state index contributed by atoms with van der Waals surface area (Å²) in [4.78, 5) is 12.0. The van der Waals surface area contributed by atoms with Crippen LogP contribution >= 0.6 is 0 Å². The molecule has 0 aliphatic rings. The topological polar surface area (TPSA) is 85.0 Å². The second-order valence-electron chi connectivity index (χ2n) is 6.42. The number of para-hydroxylation sites is 1. The molecule has 0 aliphatic heterocycles. The number of nitrogens with two attached hydrogens (primary N) is 1. The zero-order valence-corrected chi connectivity index (χ0v) is 15.2. The molecular weight excluding hydrogens is 376 g/mol. The minimum absolute atomic E-state index is 0.161. The molecule has 8 heteroatoms. The number of fused-ring (bicyclic) bond motifs is 1. The van der Waals surface area contributed by atoms with Gasteiger partial charge in [0.15, 0.2) is 17.5 Å². The first-order chi connectivity index (χ1) is 14.0. The number of nitrogens with one attached hydrogen (secondary N) is 2. The molecule has 0 radical (unpaired) electrons. The summed E-state index contributed by atoms with van der Waals surface area (Å²) in [6.45, 7) is 0.234. The van der Waals surface area contributed by atoms with E-state index in [2.05, 4.69) is 15.7 Å². The van der Waals surface area contributed by atoms with Gasteiger partial charge in [-0.1, -0.05) is 24.3 Å². The van der Waals surface area contributed by atoms with Crippen molar-refractivity contribution in [3.8, 4) is 5.69 Å². The van der Waals surface area contributed by atoms with Gasteiger partial charge in [0.2, 0.25) is 0 Å². The number of carbonyl (C=O) groups excluding carboxylic acids is 1. The Bertz CT molecular complexity index is 1200. The van der Waals surface area contributed by atoms with Gasteiger partial charge in [0.1, 0.15) is 0 Å². The molecule has 1 aromatic heterocycles. The number of urea groups is 1. The van der Waals surface area contributed by atoms with Crippen LogP contribution in [0.4, 0.5) is 25.1 Å². The summed E-state index contributed by atoms with van der Waals surface area (Å²) in [6, 6.07) is 17.8. The summed E-state index contributed by atoms with van der Waals surface area (Å²) >= 11 is 0. The standard InChI is InChI=1S/C21H17F2N5O/c22-17-9-8-14(11-18(17)23)26-21(29)25-12-13-4-3-5-15(10-13)28-19-7-2-1-6-16(19)20(24)27-28/h1-11H,12H2,(H2,24,27)(H2,25,26,29). The molecule has 0 aliphatic carbocycles. The van der Waals surface area contributed by atoms with Gasteiger partial charge in [0, 0.05) is 23.7 Å². The third-order valence-corrected chi connectivity index (χ3v) is 4.40. The molecule has 4 rings (SSSR count). The van der Waals surface area contributed by atoms with Gasteiger partial charge in [-0.2, -0.15) is 0 Å². The summed E-state index contributed by atoms with van der Waals surface area (Å²) in [5, 5.41) is 10.4. The lowest BCUT2D eigenvalue weighted by atomic mass is 10.2. The number of hydrogen-bond donors (Lipinski definition) is 3. The number of halogens is 2. The average Bonchev–Trinajstić information content (AvgIpc) is 3.06. The van der Waals surface area contributed by atoms with Crippen molar-refractivity contribution in [3.05, 3.63) is 83.9 Å². The predicted molar refractivity (Wildman–Crippen MR) is 108 cm³/mol. The molecule has 0 atom stereocenters. The smallest absolute Gasteiger partial charge is 0.319 e. The van der Waals surface area contributed by atoms with E-state index < -0.39 is 17.7 Å². The fraction of sp³-hybridized carbons (Fsp3) is 0.0476. The first kappa shape index (κ1) is 18.4. The zero-order chi connectivity index (χ0) is 20.4. The van der Waals surface area contributed by atoms with Crippen LogP contribution in [0.15, 0.2) is 66.7 Å². The minimum Gasteiger partial charge on any atom is -0.382 e. The van der Waals surface area contributed by atoms with Gasteiger partial charge in [-0.25, -0.2) is 18.3 Å². The lowest BCUT2D eigenvalue weighted by Gasteiger charge is -2.10. The molecule has 6 nitrogen and oxygen atoms in total. The highest BCUT2D eigenvalue weighted by Crippen LogP contribution is 2.23. The summed E-state index contributed by atoms with van der Waals surface area (Å²) in [6.07, 6.45) is 0. The number of carbonyl (C=O) groups is 1. The van der Waals surface area contributed by atoms with E-state index in [0.717, 1.165) is 34.3 Å². The number of benzene rings is 3. The van der Waals surface area contributed by atoms with E-state index in [4.69, 9.17) is 5.73 Å². The maximum atomic E-state index is 13.2. The predicted octanol–water partition coefficient (Wildman–Crippen LogP) is 4.21. The van der Waals surface area contributed by atoms with Gasteiger partial charge in [0.05, 0.1) is 11.2 Å². The van der Waals surface area contributed by atoms with Crippen LogP contribution in [0.25, 0.3) is 16.6 Å². The van der Waals surface area contributed by atoms with Crippen LogP contribution in [0.1, 0.15) is 5.56 Å². The number of rotatable bonds is 4. The third kappa shape index (κ3) is 3.86. The van der Waals surface area contributed by atoms with Crippen molar-refractivity contribution < 1.29 is 13.6 Å². The number of aromatic nitrogens is 2. The first-order valence-corrected chi connectivity index (χ1v) is 8.84. The normalized spacial score (nSPS) is 10.8. The molecule has 3 aromatic carbocycles. The monoisotopic (exact) mass is 393 g/mol. The molecule has 0 fully saturated rings. The molecule has 4 N–H and O–H groups in total. The number of hydrogen-bond acceptors (Lipinski definition) is 3.